The van der Waals surface area contributed by atoms with Gasteiger partial charge in [0.1, 0.15) is 0 Å². The highest BCUT2D eigenvalue weighted by Gasteiger charge is 2.09. The Hall–Kier alpha value is -1.02. The van der Waals surface area contributed by atoms with Crippen LogP contribution < -0.4 is 5.32 Å². The molecule has 0 radical (unpaired) electrons. The number of halogens is 1. The van der Waals surface area contributed by atoms with Crippen LogP contribution in [-0.4, -0.2) is 11.9 Å². The van der Waals surface area contributed by atoms with Gasteiger partial charge < -0.3 is 5.32 Å². The highest BCUT2D eigenvalue weighted by molar-refractivity contribution is 6.17. The number of carbonyl (C=O) groups is 1. The van der Waals surface area contributed by atoms with Gasteiger partial charge in [0.25, 0.3) is 5.91 Å². The van der Waals surface area contributed by atoms with E-state index in [2.05, 4.69) is 12.2 Å². The lowest BCUT2D eigenvalue weighted by molar-refractivity contribution is 0.0938. The molecule has 1 N–H and O–H groups in total. The smallest absolute Gasteiger partial charge is 0.251 e. The van der Waals surface area contributed by atoms with Crippen LogP contribution in [0.15, 0.2) is 24.3 Å². The zero-order valence-electron chi connectivity index (χ0n) is 9.79. The molecule has 1 amide bonds. The summed E-state index contributed by atoms with van der Waals surface area (Å²) in [6.07, 6.45) is 2.07. The van der Waals surface area contributed by atoms with Gasteiger partial charge in [-0.3, -0.25) is 4.79 Å². The first kappa shape index (κ1) is 13.0. The number of hydrogen-bond acceptors (Lipinski definition) is 1. The fourth-order valence-corrected chi connectivity index (χ4v) is 1.77. The van der Waals surface area contributed by atoms with Gasteiger partial charge >= 0.3 is 0 Å². The summed E-state index contributed by atoms with van der Waals surface area (Å²) < 4.78 is 0. The summed E-state index contributed by atoms with van der Waals surface area (Å²) in [7, 11) is 0. The lowest BCUT2D eigenvalue weighted by atomic mass is 10.1. The van der Waals surface area contributed by atoms with E-state index in [1.165, 1.54) is 0 Å². The van der Waals surface area contributed by atoms with Gasteiger partial charge in [-0.25, -0.2) is 0 Å². The van der Waals surface area contributed by atoms with Gasteiger partial charge in [-0.1, -0.05) is 25.5 Å². The molecule has 0 spiro atoms. The number of alkyl halides is 1. The molecule has 0 saturated carbocycles. The summed E-state index contributed by atoms with van der Waals surface area (Å²) in [5.41, 5.74) is 1.65. The van der Waals surface area contributed by atoms with Crippen molar-refractivity contribution in [2.45, 2.75) is 38.6 Å². The van der Waals surface area contributed by atoms with Gasteiger partial charge in [-0.15, -0.1) is 11.6 Å². The van der Waals surface area contributed by atoms with Crippen molar-refractivity contribution in [1.82, 2.24) is 5.32 Å². The van der Waals surface area contributed by atoms with E-state index >= 15 is 0 Å². The van der Waals surface area contributed by atoms with E-state index in [1.807, 2.05) is 31.2 Å². The minimum Gasteiger partial charge on any atom is -0.350 e. The molecule has 16 heavy (non-hydrogen) atoms. The van der Waals surface area contributed by atoms with E-state index in [1.54, 1.807) is 0 Å². The number of nitrogens with one attached hydrogen (secondary N) is 1. The minimum absolute atomic E-state index is 0.0204. The van der Waals surface area contributed by atoms with Gasteiger partial charge in [-0.2, -0.15) is 0 Å². The van der Waals surface area contributed by atoms with E-state index in [-0.39, 0.29) is 11.9 Å². The van der Waals surface area contributed by atoms with Crippen LogP contribution in [0.3, 0.4) is 0 Å². The van der Waals surface area contributed by atoms with E-state index in [0.29, 0.717) is 11.4 Å². The number of rotatable bonds is 5. The molecular weight excluding hydrogens is 222 g/mol. The first-order valence-electron chi connectivity index (χ1n) is 5.63. The van der Waals surface area contributed by atoms with Crippen LogP contribution in [0.2, 0.25) is 0 Å². The zero-order chi connectivity index (χ0) is 12.0. The molecule has 1 aromatic carbocycles. The number of carbonyl (C=O) groups excluding carboxylic acids is 1. The van der Waals surface area contributed by atoms with E-state index in [4.69, 9.17) is 11.6 Å². The fraction of sp³-hybridized carbons (Fsp3) is 0.462. The van der Waals surface area contributed by atoms with E-state index in [0.717, 1.165) is 18.4 Å². The van der Waals surface area contributed by atoms with Crippen molar-refractivity contribution in [3.63, 3.8) is 0 Å². The normalized spacial score (nSPS) is 12.2. The molecule has 0 aromatic heterocycles. The van der Waals surface area contributed by atoms with E-state index in [9.17, 15) is 4.79 Å². The van der Waals surface area contributed by atoms with Crippen molar-refractivity contribution >= 4 is 17.5 Å². The first-order valence-corrected chi connectivity index (χ1v) is 6.16. The molecule has 0 aliphatic rings. The molecule has 0 heterocycles. The molecule has 0 saturated heterocycles. The van der Waals surface area contributed by atoms with E-state index < -0.39 is 0 Å². The Morgan fingerprint density at radius 2 is 2.25 bits per heavy atom. The Morgan fingerprint density at radius 3 is 2.88 bits per heavy atom. The molecule has 1 atom stereocenters. The molecule has 0 aliphatic heterocycles. The molecule has 3 heteroatoms. The van der Waals surface area contributed by atoms with Gasteiger partial charge in [0, 0.05) is 17.5 Å². The third-order valence-corrected chi connectivity index (χ3v) is 2.75. The fourth-order valence-electron chi connectivity index (χ4n) is 1.61. The van der Waals surface area contributed by atoms with Crippen LogP contribution in [0, 0.1) is 0 Å². The highest BCUT2D eigenvalue weighted by Crippen LogP contribution is 2.08. The van der Waals surface area contributed by atoms with Gasteiger partial charge in [-0.05, 0) is 31.0 Å². The van der Waals surface area contributed by atoms with Gasteiger partial charge in [0.05, 0.1) is 0 Å². The van der Waals surface area contributed by atoms with Crippen molar-refractivity contribution in [2.75, 3.05) is 0 Å². The lowest BCUT2D eigenvalue weighted by Crippen LogP contribution is -2.32. The Bertz CT molecular complexity index is 352. The molecule has 1 rings (SSSR count). The molecule has 88 valence electrons. The van der Waals surface area contributed by atoms with Crippen molar-refractivity contribution in [2.24, 2.45) is 0 Å². The summed E-state index contributed by atoms with van der Waals surface area (Å²) in [6.45, 7) is 4.13. The van der Waals surface area contributed by atoms with Crippen LogP contribution >= 0.6 is 11.6 Å². The molecule has 1 unspecified atom stereocenters. The quantitative estimate of drug-likeness (QED) is 0.785. The maximum atomic E-state index is 11.8. The standard InChI is InChI=1S/C13H18ClNO/c1-3-5-10(2)15-13(16)12-7-4-6-11(8-12)9-14/h4,6-8,10H,3,5,9H2,1-2H3,(H,15,16). The number of amides is 1. The maximum absolute atomic E-state index is 11.8. The van der Waals surface area contributed by atoms with Crippen LogP contribution in [0.1, 0.15) is 42.6 Å². The molecule has 2 nitrogen and oxygen atoms in total. The van der Waals surface area contributed by atoms with Crippen molar-refractivity contribution in [3.05, 3.63) is 35.4 Å². The predicted molar refractivity (Wildman–Crippen MR) is 67.8 cm³/mol. The average Bonchev–Trinajstić information content (AvgIpc) is 2.29. The Balaban J connectivity index is 2.65. The largest absolute Gasteiger partial charge is 0.350 e. The second-order valence-electron chi connectivity index (χ2n) is 4.00. The summed E-state index contributed by atoms with van der Waals surface area (Å²) in [4.78, 5) is 11.8. The summed E-state index contributed by atoms with van der Waals surface area (Å²) in [5, 5.41) is 2.97. The van der Waals surface area contributed by atoms with Crippen molar-refractivity contribution in [3.8, 4) is 0 Å². The summed E-state index contributed by atoms with van der Waals surface area (Å²) in [6, 6.07) is 7.64. The average molecular weight is 240 g/mol. The molecular formula is C13H18ClNO. The molecule has 0 fully saturated rings. The second-order valence-corrected chi connectivity index (χ2v) is 4.26. The minimum atomic E-state index is -0.0204. The molecule has 0 aliphatic carbocycles. The lowest BCUT2D eigenvalue weighted by Gasteiger charge is -2.12. The third-order valence-electron chi connectivity index (χ3n) is 2.44. The first-order chi connectivity index (χ1) is 7.67. The predicted octanol–water partition coefficient (Wildman–Crippen LogP) is 3.34. The third kappa shape index (κ3) is 3.86. The Kier molecular flexibility index (Phi) is 5.33. The van der Waals surface area contributed by atoms with Crippen LogP contribution in [0.4, 0.5) is 0 Å². The summed E-state index contributed by atoms with van der Waals surface area (Å²) >= 11 is 5.73. The van der Waals surface area contributed by atoms with Gasteiger partial charge in [0.15, 0.2) is 0 Å². The molecule has 1 aromatic rings. The topological polar surface area (TPSA) is 29.1 Å². The number of hydrogen-bond donors (Lipinski definition) is 1. The maximum Gasteiger partial charge on any atom is 0.251 e. The Morgan fingerprint density at radius 1 is 1.50 bits per heavy atom. The van der Waals surface area contributed by atoms with Crippen molar-refractivity contribution in [1.29, 1.82) is 0 Å². The second kappa shape index (κ2) is 6.54. The monoisotopic (exact) mass is 239 g/mol. The van der Waals surface area contributed by atoms with Crippen LogP contribution in [0.25, 0.3) is 0 Å². The van der Waals surface area contributed by atoms with Crippen LogP contribution in [0.5, 0.6) is 0 Å². The summed E-state index contributed by atoms with van der Waals surface area (Å²) in [5.74, 6) is 0.416. The van der Waals surface area contributed by atoms with Crippen LogP contribution in [-0.2, 0) is 5.88 Å². The highest BCUT2D eigenvalue weighted by atomic mass is 35.5. The zero-order valence-corrected chi connectivity index (χ0v) is 10.6. The Labute approximate surface area is 102 Å². The molecule has 0 bridgehead atoms. The number of benzene rings is 1. The van der Waals surface area contributed by atoms with Crippen molar-refractivity contribution < 1.29 is 4.79 Å². The SMILES string of the molecule is CCCC(C)NC(=O)c1cccc(CCl)c1. The van der Waals surface area contributed by atoms with Gasteiger partial charge in [0.2, 0.25) is 0 Å².